The van der Waals surface area contributed by atoms with Gasteiger partial charge in [0.1, 0.15) is 0 Å². The van der Waals surface area contributed by atoms with Crippen LogP contribution in [0.2, 0.25) is 0 Å². The van der Waals surface area contributed by atoms with E-state index in [1.807, 2.05) is 24.7 Å². The lowest BCUT2D eigenvalue weighted by atomic mass is 9.87. The molecule has 0 aliphatic carbocycles. The van der Waals surface area contributed by atoms with Gasteiger partial charge < -0.3 is 4.90 Å². The van der Waals surface area contributed by atoms with E-state index in [1.165, 1.54) is 11.3 Å². The summed E-state index contributed by atoms with van der Waals surface area (Å²) in [5.74, 6) is 0.328. The van der Waals surface area contributed by atoms with Gasteiger partial charge in [0.25, 0.3) is 0 Å². The molecule has 2 saturated heterocycles. The molecule has 0 saturated carbocycles. The summed E-state index contributed by atoms with van der Waals surface area (Å²) >= 11 is 0. The summed E-state index contributed by atoms with van der Waals surface area (Å²) in [6.07, 6.45) is 5.05. The number of rotatable bonds is 4. The van der Waals surface area contributed by atoms with Gasteiger partial charge in [-0.2, -0.15) is 5.10 Å². The highest BCUT2D eigenvalue weighted by atomic mass is 16.2. The quantitative estimate of drug-likeness (QED) is 0.834. The molecule has 1 aromatic carbocycles. The second-order valence-electron chi connectivity index (χ2n) is 8.22. The molecule has 4 rings (SSSR count). The molecule has 5 heteroatoms. The van der Waals surface area contributed by atoms with E-state index in [-0.39, 0.29) is 5.54 Å². The van der Waals surface area contributed by atoms with Gasteiger partial charge in [0.05, 0.1) is 11.4 Å². The van der Waals surface area contributed by atoms with Crippen molar-refractivity contribution in [3.63, 3.8) is 0 Å². The molecule has 3 heterocycles. The van der Waals surface area contributed by atoms with Crippen molar-refractivity contribution in [3.8, 4) is 0 Å². The van der Waals surface area contributed by atoms with Crippen LogP contribution in [-0.2, 0) is 24.9 Å². The Balaban J connectivity index is 1.46. The molecular weight excluding hydrogens is 336 g/mol. The third-order valence-electron chi connectivity index (χ3n) is 6.36. The number of amides is 1. The highest BCUT2D eigenvalue weighted by Crippen LogP contribution is 2.40. The number of carbonyl (C=O) groups is 1. The van der Waals surface area contributed by atoms with Gasteiger partial charge in [0, 0.05) is 38.6 Å². The van der Waals surface area contributed by atoms with Crippen LogP contribution in [0.3, 0.4) is 0 Å². The number of hydrogen-bond acceptors (Lipinski definition) is 3. The van der Waals surface area contributed by atoms with Gasteiger partial charge in [-0.1, -0.05) is 30.3 Å². The highest BCUT2D eigenvalue weighted by molar-refractivity contribution is 5.79. The van der Waals surface area contributed by atoms with Crippen LogP contribution in [-0.4, -0.2) is 44.1 Å². The lowest BCUT2D eigenvalue weighted by molar-refractivity contribution is -0.132. The number of hydrogen-bond donors (Lipinski definition) is 0. The Labute approximate surface area is 162 Å². The first-order valence-corrected chi connectivity index (χ1v) is 10.1. The van der Waals surface area contributed by atoms with Crippen molar-refractivity contribution < 1.29 is 4.79 Å². The van der Waals surface area contributed by atoms with E-state index < -0.39 is 0 Å². The van der Waals surface area contributed by atoms with Crippen LogP contribution < -0.4 is 0 Å². The minimum absolute atomic E-state index is 0.0457. The second-order valence-corrected chi connectivity index (χ2v) is 8.22. The molecule has 1 atom stereocenters. The zero-order valence-electron chi connectivity index (χ0n) is 16.5. The van der Waals surface area contributed by atoms with Gasteiger partial charge in [-0.05, 0) is 50.8 Å². The Hall–Kier alpha value is -2.14. The maximum atomic E-state index is 12.7. The Morgan fingerprint density at radius 1 is 1.07 bits per heavy atom. The summed E-state index contributed by atoms with van der Waals surface area (Å²) in [6.45, 7) is 5.88. The maximum Gasteiger partial charge on any atom is 0.223 e. The molecule has 1 aromatic heterocycles. The molecule has 0 radical (unpaired) electrons. The molecule has 5 nitrogen and oxygen atoms in total. The fourth-order valence-corrected chi connectivity index (χ4v) is 4.85. The Morgan fingerprint density at radius 3 is 2.63 bits per heavy atom. The van der Waals surface area contributed by atoms with Gasteiger partial charge >= 0.3 is 0 Å². The van der Waals surface area contributed by atoms with E-state index in [2.05, 4.69) is 45.2 Å². The number of benzene rings is 1. The van der Waals surface area contributed by atoms with Crippen LogP contribution in [0, 0.1) is 6.92 Å². The fraction of sp³-hybridized carbons (Fsp3) is 0.545. The van der Waals surface area contributed by atoms with E-state index in [1.54, 1.807) is 0 Å². The van der Waals surface area contributed by atoms with Gasteiger partial charge in [-0.15, -0.1) is 0 Å². The van der Waals surface area contributed by atoms with E-state index in [0.29, 0.717) is 12.3 Å². The van der Waals surface area contributed by atoms with Crippen molar-refractivity contribution in [3.05, 3.63) is 53.3 Å². The molecule has 0 N–H and O–H groups in total. The standard InChI is InChI=1S/C22H30N4O/c1-18-15-20(24(2)23-18)17-25-13-6-10-22(12-14-25)11-9-21(27)26(22)16-19-7-4-3-5-8-19/h3-5,7-8,15H,6,9-14,16-17H2,1-2H3. The van der Waals surface area contributed by atoms with Gasteiger partial charge in [-0.25, -0.2) is 0 Å². The Kier molecular flexibility index (Phi) is 5.04. The summed E-state index contributed by atoms with van der Waals surface area (Å²) in [6, 6.07) is 12.6. The van der Waals surface area contributed by atoms with E-state index in [9.17, 15) is 4.79 Å². The number of carbonyl (C=O) groups excluding carboxylic acids is 1. The van der Waals surface area contributed by atoms with Crippen molar-refractivity contribution in [2.24, 2.45) is 7.05 Å². The predicted molar refractivity (Wildman–Crippen MR) is 106 cm³/mol. The monoisotopic (exact) mass is 366 g/mol. The SMILES string of the molecule is Cc1cc(CN2CCCC3(CCC(=O)N3Cc3ccccc3)CC2)n(C)n1. The van der Waals surface area contributed by atoms with Gasteiger partial charge in [-0.3, -0.25) is 14.4 Å². The molecule has 1 amide bonds. The minimum Gasteiger partial charge on any atom is -0.333 e. The summed E-state index contributed by atoms with van der Waals surface area (Å²) in [5, 5.41) is 4.48. The van der Waals surface area contributed by atoms with Crippen molar-refractivity contribution >= 4 is 5.91 Å². The van der Waals surface area contributed by atoms with Crippen molar-refractivity contribution in [2.75, 3.05) is 13.1 Å². The van der Waals surface area contributed by atoms with Crippen molar-refractivity contribution in [1.82, 2.24) is 19.6 Å². The van der Waals surface area contributed by atoms with Gasteiger partial charge in [0.15, 0.2) is 0 Å². The zero-order chi connectivity index (χ0) is 18.9. The molecule has 2 aromatic rings. The molecule has 2 fully saturated rings. The molecular formula is C22H30N4O. The third kappa shape index (κ3) is 3.79. The molecule has 0 bridgehead atoms. The first-order valence-electron chi connectivity index (χ1n) is 10.1. The lowest BCUT2D eigenvalue weighted by Crippen LogP contribution is -2.45. The topological polar surface area (TPSA) is 41.4 Å². The van der Waals surface area contributed by atoms with Crippen molar-refractivity contribution in [1.29, 1.82) is 0 Å². The smallest absolute Gasteiger partial charge is 0.223 e. The van der Waals surface area contributed by atoms with E-state index in [4.69, 9.17) is 0 Å². The molecule has 1 unspecified atom stereocenters. The summed E-state index contributed by atoms with van der Waals surface area (Å²) in [5.41, 5.74) is 3.63. The van der Waals surface area contributed by atoms with Gasteiger partial charge in [0.2, 0.25) is 5.91 Å². The highest BCUT2D eigenvalue weighted by Gasteiger charge is 2.45. The molecule has 144 valence electrons. The average Bonchev–Trinajstić information content (AvgIpc) is 3.04. The third-order valence-corrected chi connectivity index (χ3v) is 6.36. The molecule has 2 aliphatic rings. The lowest BCUT2D eigenvalue weighted by Gasteiger charge is -2.38. The van der Waals surface area contributed by atoms with Crippen LogP contribution in [0.1, 0.15) is 49.1 Å². The molecule has 2 aliphatic heterocycles. The number of likely N-dealkylation sites (tertiary alicyclic amines) is 2. The zero-order valence-corrected chi connectivity index (χ0v) is 16.5. The summed E-state index contributed by atoms with van der Waals surface area (Å²) < 4.78 is 2.00. The maximum absolute atomic E-state index is 12.7. The van der Waals surface area contributed by atoms with Crippen LogP contribution in [0.5, 0.6) is 0 Å². The molecule has 1 spiro atoms. The molecule has 27 heavy (non-hydrogen) atoms. The average molecular weight is 367 g/mol. The predicted octanol–water partition coefficient (Wildman–Crippen LogP) is 3.28. The van der Waals surface area contributed by atoms with Crippen molar-refractivity contribution in [2.45, 2.75) is 57.7 Å². The van der Waals surface area contributed by atoms with Crippen LogP contribution in [0.25, 0.3) is 0 Å². The first-order chi connectivity index (χ1) is 13.1. The minimum atomic E-state index is 0.0457. The number of nitrogens with zero attached hydrogens (tertiary/aromatic N) is 4. The second kappa shape index (κ2) is 7.47. The normalized spacial score (nSPS) is 23.9. The number of aromatic nitrogens is 2. The Morgan fingerprint density at radius 2 is 1.89 bits per heavy atom. The van der Waals surface area contributed by atoms with Crippen LogP contribution >= 0.6 is 0 Å². The van der Waals surface area contributed by atoms with Crippen LogP contribution in [0.15, 0.2) is 36.4 Å². The number of aryl methyl sites for hydroxylation is 2. The van der Waals surface area contributed by atoms with E-state index >= 15 is 0 Å². The fourth-order valence-electron chi connectivity index (χ4n) is 4.85. The largest absolute Gasteiger partial charge is 0.333 e. The summed E-state index contributed by atoms with van der Waals surface area (Å²) in [7, 11) is 2.03. The Bertz CT molecular complexity index is 800. The van der Waals surface area contributed by atoms with E-state index in [0.717, 1.165) is 57.6 Å². The summed E-state index contributed by atoms with van der Waals surface area (Å²) in [4.78, 5) is 17.4. The first kappa shape index (κ1) is 18.2. The van der Waals surface area contributed by atoms with Crippen LogP contribution in [0.4, 0.5) is 0 Å².